The maximum absolute atomic E-state index is 12.1. The molecular weight excluding hydrogens is 242 g/mol. The van der Waals surface area contributed by atoms with Crippen LogP contribution < -0.4 is 5.32 Å². The van der Waals surface area contributed by atoms with Crippen molar-refractivity contribution in [2.45, 2.75) is 34.1 Å². The maximum atomic E-state index is 12.1. The number of rotatable bonds is 3. The Balaban J connectivity index is 2.14. The third-order valence-electron chi connectivity index (χ3n) is 3.39. The van der Waals surface area contributed by atoms with Crippen LogP contribution >= 0.6 is 0 Å². The van der Waals surface area contributed by atoms with E-state index in [1.807, 2.05) is 34.7 Å². The first-order valence-electron chi connectivity index (χ1n) is 6.20. The van der Waals surface area contributed by atoms with E-state index in [0.717, 1.165) is 34.0 Å². The van der Waals surface area contributed by atoms with Gasteiger partial charge in [0.15, 0.2) is 0 Å². The monoisotopic (exact) mass is 261 g/mol. The predicted octanol–water partition coefficient (Wildman–Crippen LogP) is 1.56. The van der Waals surface area contributed by atoms with Crippen molar-refractivity contribution in [2.75, 3.05) is 5.32 Å². The van der Waals surface area contributed by atoms with Crippen LogP contribution in [-0.4, -0.2) is 25.9 Å². The zero-order chi connectivity index (χ0) is 14.2. The summed E-state index contributed by atoms with van der Waals surface area (Å²) in [6, 6.07) is 0. The molecule has 6 heteroatoms. The third kappa shape index (κ3) is 2.52. The summed E-state index contributed by atoms with van der Waals surface area (Å²) in [5, 5.41) is 14.1. The molecule has 0 fully saturated rings. The van der Waals surface area contributed by atoms with E-state index < -0.39 is 0 Å². The second kappa shape index (κ2) is 4.87. The number of hydrogen-bond donors (Lipinski definition) is 2. The predicted molar refractivity (Wildman–Crippen MR) is 73.1 cm³/mol. The van der Waals surface area contributed by atoms with Crippen LogP contribution in [0.3, 0.4) is 0 Å². The van der Waals surface area contributed by atoms with Crippen LogP contribution in [0.25, 0.3) is 0 Å². The van der Waals surface area contributed by atoms with Crippen molar-refractivity contribution in [2.24, 2.45) is 7.05 Å². The Hall–Kier alpha value is -2.11. The number of amides is 1. The highest BCUT2D eigenvalue weighted by Gasteiger charge is 2.15. The number of nitrogens with one attached hydrogen (secondary N) is 2. The molecule has 2 N–H and O–H groups in total. The molecule has 2 heterocycles. The molecule has 0 aliphatic carbocycles. The number of carbonyl (C=O) groups is 1. The lowest BCUT2D eigenvalue weighted by Gasteiger charge is -2.05. The van der Waals surface area contributed by atoms with Crippen LogP contribution in [0.15, 0.2) is 0 Å². The zero-order valence-electron chi connectivity index (χ0n) is 12.0. The van der Waals surface area contributed by atoms with Crippen molar-refractivity contribution >= 4 is 11.6 Å². The first-order chi connectivity index (χ1) is 8.90. The standard InChI is InChI=1S/C13H19N5O/c1-7-11(10(4)18(5)17-7)6-12(19)14-13-8(2)15-16-9(13)3/h6H2,1-5H3,(H,14,19)(H,15,16). The number of aromatic nitrogens is 4. The van der Waals surface area contributed by atoms with E-state index in [2.05, 4.69) is 20.6 Å². The second-order valence-corrected chi connectivity index (χ2v) is 4.81. The fourth-order valence-electron chi connectivity index (χ4n) is 2.15. The molecule has 1 amide bonds. The van der Waals surface area contributed by atoms with Crippen molar-refractivity contribution in [1.29, 1.82) is 0 Å². The molecule has 0 radical (unpaired) electrons. The number of H-pyrrole nitrogens is 1. The summed E-state index contributed by atoms with van der Waals surface area (Å²) in [5.74, 6) is -0.0493. The fraction of sp³-hybridized carbons (Fsp3) is 0.462. The number of hydrogen-bond acceptors (Lipinski definition) is 3. The van der Waals surface area contributed by atoms with Gasteiger partial charge in [-0.05, 0) is 27.7 Å². The van der Waals surface area contributed by atoms with Crippen LogP contribution in [0, 0.1) is 27.7 Å². The summed E-state index contributed by atoms with van der Waals surface area (Å²) in [6.45, 7) is 7.64. The van der Waals surface area contributed by atoms with Gasteiger partial charge in [-0.1, -0.05) is 0 Å². The fourth-order valence-corrected chi connectivity index (χ4v) is 2.15. The largest absolute Gasteiger partial charge is 0.323 e. The minimum absolute atomic E-state index is 0.0493. The van der Waals surface area contributed by atoms with Gasteiger partial charge in [0, 0.05) is 18.3 Å². The highest BCUT2D eigenvalue weighted by Crippen LogP contribution is 2.18. The molecule has 0 saturated carbocycles. The van der Waals surface area contributed by atoms with Gasteiger partial charge in [0.05, 0.1) is 29.2 Å². The van der Waals surface area contributed by atoms with Gasteiger partial charge >= 0.3 is 0 Å². The topological polar surface area (TPSA) is 75.6 Å². The Morgan fingerprint density at radius 2 is 1.95 bits per heavy atom. The van der Waals surface area contributed by atoms with E-state index in [1.165, 1.54) is 0 Å². The number of aromatic amines is 1. The molecule has 0 bridgehead atoms. The molecule has 0 unspecified atom stereocenters. The second-order valence-electron chi connectivity index (χ2n) is 4.81. The van der Waals surface area contributed by atoms with Gasteiger partial charge in [0.25, 0.3) is 0 Å². The average Bonchev–Trinajstić information content (AvgIpc) is 2.77. The number of nitrogens with zero attached hydrogens (tertiary/aromatic N) is 3. The molecule has 0 aromatic carbocycles. The molecule has 2 rings (SSSR count). The molecule has 0 spiro atoms. The lowest BCUT2D eigenvalue weighted by molar-refractivity contribution is -0.115. The third-order valence-corrected chi connectivity index (χ3v) is 3.39. The summed E-state index contributed by atoms with van der Waals surface area (Å²) in [6.07, 6.45) is 0.329. The first-order valence-corrected chi connectivity index (χ1v) is 6.20. The van der Waals surface area contributed by atoms with E-state index in [4.69, 9.17) is 0 Å². The quantitative estimate of drug-likeness (QED) is 0.880. The van der Waals surface area contributed by atoms with Crippen LogP contribution in [0.5, 0.6) is 0 Å². The number of carbonyl (C=O) groups excluding carboxylic acids is 1. The Labute approximate surface area is 112 Å². The number of aryl methyl sites for hydroxylation is 4. The smallest absolute Gasteiger partial charge is 0.229 e. The van der Waals surface area contributed by atoms with Crippen LogP contribution in [-0.2, 0) is 18.3 Å². The van der Waals surface area contributed by atoms with Gasteiger partial charge < -0.3 is 5.32 Å². The summed E-state index contributed by atoms with van der Waals surface area (Å²) in [5.41, 5.74) is 5.34. The zero-order valence-corrected chi connectivity index (χ0v) is 12.0. The van der Waals surface area contributed by atoms with Crippen molar-refractivity contribution in [3.63, 3.8) is 0 Å². The average molecular weight is 261 g/mol. The van der Waals surface area contributed by atoms with Crippen molar-refractivity contribution < 1.29 is 4.79 Å². The molecule has 0 atom stereocenters. The highest BCUT2D eigenvalue weighted by molar-refractivity contribution is 5.93. The van der Waals surface area contributed by atoms with Crippen LogP contribution in [0.4, 0.5) is 5.69 Å². The lowest BCUT2D eigenvalue weighted by Crippen LogP contribution is -2.16. The van der Waals surface area contributed by atoms with Gasteiger partial charge in [-0.2, -0.15) is 10.2 Å². The SMILES string of the molecule is Cc1nn(C)c(C)c1CC(=O)Nc1c(C)n[nH]c1C. The Morgan fingerprint density at radius 1 is 1.26 bits per heavy atom. The Bertz CT molecular complexity index is 604. The molecule has 19 heavy (non-hydrogen) atoms. The van der Waals surface area contributed by atoms with E-state index in [-0.39, 0.29) is 5.91 Å². The first kappa shape index (κ1) is 13.3. The molecule has 102 valence electrons. The molecular formula is C13H19N5O. The van der Waals surface area contributed by atoms with Gasteiger partial charge in [0.2, 0.25) is 5.91 Å². The minimum atomic E-state index is -0.0493. The normalized spacial score (nSPS) is 10.8. The summed E-state index contributed by atoms with van der Waals surface area (Å²) in [4.78, 5) is 12.1. The van der Waals surface area contributed by atoms with Crippen LogP contribution in [0.1, 0.15) is 28.3 Å². The summed E-state index contributed by atoms with van der Waals surface area (Å²) in [7, 11) is 1.88. The van der Waals surface area contributed by atoms with Crippen molar-refractivity contribution in [3.05, 3.63) is 28.3 Å². The molecule has 2 aromatic heterocycles. The van der Waals surface area contributed by atoms with E-state index in [0.29, 0.717) is 6.42 Å². The Morgan fingerprint density at radius 3 is 2.42 bits per heavy atom. The minimum Gasteiger partial charge on any atom is -0.323 e. The van der Waals surface area contributed by atoms with Crippen molar-refractivity contribution in [1.82, 2.24) is 20.0 Å². The van der Waals surface area contributed by atoms with E-state index >= 15 is 0 Å². The van der Waals surface area contributed by atoms with E-state index in [9.17, 15) is 4.79 Å². The Kier molecular flexibility index (Phi) is 3.42. The van der Waals surface area contributed by atoms with Gasteiger partial charge in [0.1, 0.15) is 0 Å². The summed E-state index contributed by atoms with van der Waals surface area (Å²) >= 11 is 0. The molecule has 0 aliphatic rings. The highest BCUT2D eigenvalue weighted by atomic mass is 16.1. The van der Waals surface area contributed by atoms with Crippen LogP contribution in [0.2, 0.25) is 0 Å². The molecule has 0 aliphatic heterocycles. The maximum Gasteiger partial charge on any atom is 0.229 e. The van der Waals surface area contributed by atoms with Crippen molar-refractivity contribution in [3.8, 4) is 0 Å². The molecule has 6 nitrogen and oxygen atoms in total. The number of anilines is 1. The summed E-state index contributed by atoms with van der Waals surface area (Å²) < 4.78 is 1.80. The van der Waals surface area contributed by atoms with Gasteiger partial charge in [-0.15, -0.1) is 0 Å². The lowest BCUT2D eigenvalue weighted by atomic mass is 10.1. The van der Waals surface area contributed by atoms with Gasteiger partial charge in [-0.25, -0.2) is 0 Å². The molecule has 2 aromatic rings. The molecule has 0 saturated heterocycles. The van der Waals surface area contributed by atoms with E-state index in [1.54, 1.807) is 4.68 Å². The van der Waals surface area contributed by atoms with Gasteiger partial charge in [-0.3, -0.25) is 14.6 Å².